The lowest BCUT2D eigenvalue weighted by atomic mass is 9.80. The summed E-state index contributed by atoms with van der Waals surface area (Å²) in [6.45, 7) is 0. The molecule has 0 fully saturated rings. The molecule has 0 amide bonds. The fourth-order valence-corrected chi connectivity index (χ4v) is 9.15. The van der Waals surface area contributed by atoms with Gasteiger partial charge in [-0.1, -0.05) is 91.0 Å². The van der Waals surface area contributed by atoms with Crippen LogP contribution < -0.4 is 0 Å². The third kappa shape index (κ3) is 4.51. The lowest BCUT2D eigenvalue weighted by molar-refractivity contribution is 1.46. The van der Waals surface area contributed by atoms with Gasteiger partial charge in [0, 0.05) is 51.5 Å². The van der Waals surface area contributed by atoms with Crippen molar-refractivity contribution >= 4 is 63.0 Å². The maximum atomic E-state index is 11.0. The van der Waals surface area contributed by atoms with Crippen molar-refractivity contribution in [1.29, 1.82) is 10.5 Å². The number of nitriles is 2. The second-order valence-corrected chi connectivity index (χ2v) is 14.1. The lowest BCUT2D eigenvalue weighted by Crippen LogP contribution is -1.98. The van der Waals surface area contributed by atoms with E-state index in [0.717, 1.165) is 44.5 Å². The Hall–Kier alpha value is -6.04. The Morgan fingerprint density at radius 1 is 0.375 bits per heavy atom. The van der Waals surface area contributed by atoms with E-state index in [1.54, 1.807) is 22.7 Å². The van der Waals surface area contributed by atoms with E-state index < -0.39 is 0 Å². The molecule has 2 heterocycles. The summed E-state index contributed by atoms with van der Waals surface area (Å²) in [4.78, 5) is 0. The molecule has 0 unspecified atom stereocenters. The molecule has 0 spiro atoms. The van der Waals surface area contributed by atoms with Gasteiger partial charge in [-0.3, -0.25) is 0 Å². The third-order valence-electron chi connectivity index (χ3n) is 9.16. The first-order chi connectivity index (χ1) is 23.7. The maximum absolute atomic E-state index is 11.0. The van der Waals surface area contributed by atoms with Crippen molar-refractivity contribution in [3.05, 3.63) is 157 Å². The van der Waals surface area contributed by atoms with Crippen LogP contribution in [0.3, 0.4) is 0 Å². The minimum absolute atomic E-state index is 0.577. The van der Waals surface area contributed by atoms with E-state index in [9.17, 15) is 10.5 Å². The van der Waals surface area contributed by atoms with Crippen LogP contribution in [0, 0.1) is 22.7 Å². The lowest BCUT2D eigenvalue weighted by Gasteiger charge is -2.21. The molecule has 2 nitrogen and oxygen atoms in total. The van der Waals surface area contributed by atoms with Crippen LogP contribution in [0.15, 0.2) is 146 Å². The predicted octanol–water partition coefficient (Wildman–Crippen LogP) is 12.8. The van der Waals surface area contributed by atoms with E-state index >= 15 is 0 Å². The summed E-state index contributed by atoms with van der Waals surface area (Å²) >= 11 is 3.59. The molecule has 9 rings (SSSR count). The Bertz CT molecular complexity index is 2810. The van der Waals surface area contributed by atoms with E-state index in [2.05, 4.69) is 121 Å². The second-order valence-electron chi connectivity index (χ2n) is 11.9. The summed E-state index contributed by atoms with van der Waals surface area (Å²) in [5.74, 6) is 0. The molecule has 9 aromatic rings. The Morgan fingerprint density at radius 2 is 0.938 bits per heavy atom. The van der Waals surface area contributed by atoms with Crippen molar-refractivity contribution in [2.24, 2.45) is 0 Å². The molecule has 0 saturated carbocycles. The van der Waals surface area contributed by atoms with Gasteiger partial charge in [0.1, 0.15) is 6.07 Å². The SMILES string of the molecule is N#Cc1cccc(-c2c(-c3ccc4sc5ccccc5c4c3)cc(-c3ccccc3)c(C#N)c2-c2ccc3sc4ccccc4c3c2)c1. The van der Waals surface area contributed by atoms with E-state index in [0.29, 0.717) is 11.1 Å². The molecular formula is C44H24N2S2. The molecular weight excluding hydrogens is 621 g/mol. The van der Waals surface area contributed by atoms with Crippen LogP contribution in [0.1, 0.15) is 11.1 Å². The Labute approximate surface area is 285 Å². The third-order valence-corrected chi connectivity index (χ3v) is 11.5. The van der Waals surface area contributed by atoms with Gasteiger partial charge in [-0.15, -0.1) is 22.7 Å². The molecule has 2 aromatic heterocycles. The van der Waals surface area contributed by atoms with Crippen LogP contribution in [0.25, 0.3) is 84.9 Å². The molecule has 0 aliphatic carbocycles. The van der Waals surface area contributed by atoms with Gasteiger partial charge in [0.2, 0.25) is 0 Å². The number of rotatable bonds is 4. The van der Waals surface area contributed by atoms with Crippen LogP contribution in [-0.2, 0) is 0 Å². The van der Waals surface area contributed by atoms with Crippen molar-refractivity contribution < 1.29 is 0 Å². The van der Waals surface area contributed by atoms with Gasteiger partial charge in [-0.2, -0.15) is 10.5 Å². The zero-order valence-corrected chi connectivity index (χ0v) is 27.2. The summed E-state index contributed by atoms with van der Waals surface area (Å²) in [6, 6.07) is 55.5. The molecule has 0 radical (unpaired) electrons. The highest BCUT2D eigenvalue weighted by Crippen LogP contribution is 2.48. The highest BCUT2D eigenvalue weighted by molar-refractivity contribution is 7.26. The van der Waals surface area contributed by atoms with E-state index in [1.165, 1.54) is 40.3 Å². The first-order valence-electron chi connectivity index (χ1n) is 15.7. The molecule has 4 heteroatoms. The van der Waals surface area contributed by atoms with Gasteiger partial charge < -0.3 is 0 Å². The van der Waals surface area contributed by atoms with Gasteiger partial charge in [0.05, 0.1) is 17.2 Å². The number of fused-ring (bicyclic) bond motifs is 6. The van der Waals surface area contributed by atoms with Crippen molar-refractivity contribution in [2.45, 2.75) is 0 Å². The smallest absolute Gasteiger partial charge is 0.100 e. The average Bonchev–Trinajstić information content (AvgIpc) is 3.72. The first-order valence-corrected chi connectivity index (χ1v) is 17.3. The van der Waals surface area contributed by atoms with Crippen LogP contribution in [0.4, 0.5) is 0 Å². The van der Waals surface area contributed by atoms with Crippen molar-refractivity contribution in [1.82, 2.24) is 0 Å². The molecule has 7 aromatic carbocycles. The highest BCUT2D eigenvalue weighted by Gasteiger charge is 2.24. The van der Waals surface area contributed by atoms with E-state index in [-0.39, 0.29) is 0 Å². The topological polar surface area (TPSA) is 47.6 Å². The minimum atomic E-state index is 0.577. The normalized spacial score (nSPS) is 11.3. The molecule has 0 atom stereocenters. The zero-order chi connectivity index (χ0) is 32.2. The quantitative estimate of drug-likeness (QED) is 0.191. The molecule has 222 valence electrons. The van der Waals surface area contributed by atoms with Crippen molar-refractivity contribution in [3.8, 4) is 56.6 Å². The van der Waals surface area contributed by atoms with Crippen LogP contribution in [0.5, 0.6) is 0 Å². The van der Waals surface area contributed by atoms with Crippen LogP contribution >= 0.6 is 22.7 Å². The van der Waals surface area contributed by atoms with E-state index in [1.807, 2.05) is 36.4 Å². The van der Waals surface area contributed by atoms with Crippen molar-refractivity contribution in [2.75, 3.05) is 0 Å². The minimum Gasteiger partial charge on any atom is -0.192 e. The van der Waals surface area contributed by atoms with Gasteiger partial charge in [0.25, 0.3) is 0 Å². The first kappa shape index (κ1) is 28.2. The van der Waals surface area contributed by atoms with Gasteiger partial charge >= 0.3 is 0 Å². The Kier molecular flexibility index (Phi) is 6.66. The van der Waals surface area contributed by atoms with Crippen LogP contribution in [-0.4, -0.2) is 0 Å². The molecule has 0 aliphatic rings. The Balaban J connectivity index is 1.44. The fraction of sp³-hybridized carbons (Fsp3) is 0. The second kappa shape index (κ2) is 11.3. The fourth-order valence-electron chi connectivity index (χ4n) is 6.98. The number of nitrogens with zero attached hydrogens (tertiary/aromatic N) is 2. The van der Waals surface area contributed by atoms with Crippen molar-refractivity contribution in [3.63, 3.8) is 0 Å². The predicted molar refractivity (Wildman–Crippen MR) is 203 cm³/mol. The number of hydrogen-bond donors (Lipinski definition) is 0. The molecule has 0 aliphatic heterocycles. The summed E-state index contributed by atoms with van der Waals surface area (Å²) < 4.78 is 4.94. The Morgan fingerprint density at radius 3 is 1.60 bits per heavy atom. The van der Waals surface area contributed by atoms with Gasteiger partial charge in [-0.05, 0) is 88.0 Å². The van der Waals surface area contributed by atoms with Crippen LogP contribution in [0.2, 0.25) is 0 Å². The van der Waals surface area contributed by atoms with E-state index in [4.69, 9.17) is 0 Å². The number of benzene rings is 7. The molecule has 0 N–H and O–H groups in total. The van der Waals surface area contributed by atoms with Gasteiger partial charge in [0.15, 0.2) is 0 Å². The largest absolute Gasteiger partial charge is 0.192 e. The molecule has 0 bridgehead atoms. The summed E-state index contributed by atoms with van der Waals surface area (Å²) in [5.41, 5.74) is 8.83. The zero-order valence-electron chi connectivity index (χ0n) is 25.6. The highest BCUT2D eigenvalue weighted by atomic mass is 32.1. The standard InChI is InChI=1S/C44H24N2S2/c45-25-27-9-8-12-30(21-27)43-35(29-17-19-41-36(22-29)32-13-4-6-15-39(32)47-41)24-34(28-10-2-1-3-11-28)38(26-46)44(43)31-18-20-42-37(23-31)33-14-5-7-16-40(33)48-42/h1-24H. The number of thiophene rings is 2. The average molecular weight is 645 g/mol. The van der Waals surface area contributed by atoms with Gasteiger partial charge in [-0.25, -0.2) is 0 Å². The summed E-state index contributed by atoms with van der Waals surface area (Å²) in [7, 11) is 0. The summed E-state index contributed by atoms with van der Waals surface area (Å²) in [5, 5.41) is 25.8. The maximum Gasteiger partial charge on any atom is 0.100 e. The monoisotopic (exact) mass is 644 g/mol. The molecule has 0 saturated heterocycles. The summed E-state index contributed by atoms with van der Waals surface area (Å²) in [6.07, 6.45) is 0. The number of hydrogen-bond acceptors (Lipinski definition) is 4. The molecule has 48 heavy (non-hydrogen) atoms.